The minimum atomic E-state index is -1.16. The Labute approximate surface area is 146 Å². The van der Waals surface area contributed by atoms with Crippen LogP contribution in [0, 0.1) is 5.82 Å². The summed E-state index contributed by atoms with van der Waals surface area (Å²) in [5, 5.41) is 20.3. The monoisotopic (exact) mass is 364 g/mol. The van der Waals surface area contributed by atoms with Crippen LogP contribution in [0.4, 0.5) is 26.6 Å². The largest absolute Gasteiger partial charge is 0.465 e. The van der Waals surface area contributed by atoms with Gasteiger partial charge in [0.25, 0.3) is 0 Å². The molecular formula is C15H14ClFN6O2. The van der Waals surface area contributed by atoms with E-state index in [9.17, 15) is 14.3 Å². The molecule has 0 unspecified atom stereocenters. The summed E-state index contributed by atoms with van der Waals surface area (Å²) in [6.07, 6.45) is 1.79. The smallest absolute Gasteiger partial charge is 0.414 e. The zero-order valence-electron chi connectivity index (χ0n) is 13.3. The lowest BCUT2D eigenvalue weighted by Gasteiger charge is -2.20. The lowest BCUT2D eigenvalue weighted by atomic mass is 10.3. The van der Waals surface area contributed by atoms with E-state index >= 15 is 0 Å². The minimum absolute atomic E-state index is 0.0493. The second-order valence-corrected chi connectivity index (χ2v) is 5.84. The van der Waals surface area contributed by atoms with Gasteiger partial charge in [-0.15, -0.1) is 10.2 Å². The third kappa shape index (κ3) is 3.05. The molecule has 130 valence electrons. The first-order valence-corrected chi connectivity index (χ1v) is 7.71. The molecule has 0 aliphatic carbocycles. The zero-order chi connectivity index (χ0) is 18.1. The standard InChI is InChI=1S/C15H14ClFN6O2/c1-8(2)23(15(24)25)14-21-20-13-12(18-6-7-22(13)14)19-11-9(16)4-3-5-10(11)17/h3-8H,1-2H3,(H,18,19)(H,24,25). The Bertz CT molecular complexity index is 925. The number of hydrogen-bond acceptors (Lipinski definition) is 5. The van der Waals surface area contributed by atoms with Crippen molar-refractivity contribution in [3.63, 3.8) is 0 Å². The molecule has 0 saturated carbocycles. The summed E-state index contributed by atoms with van der Waals surface area (Å²) in [6.45, 7) is 3.43. The molecule has 3 aromatic rings. The van der Waals surface area contributed by atoms with E-state index in [2.05, 4.69) is 20.5 Å². The average molecular weight is 365 g/mol. The number of halogens is 2. The van der Waals surface area contributed by atoms with Gasteiger partial charge in [0.15, 0.2) is 5.82 Å². The number of para-hydroxylation sites is 1. The van der Waals surface area contributed by atoms with Crippen LogP contribution in [0.5, 0.6) is 0 Å². The van der Waals surface area contributed by atoms with Crippen LogP contribution in [-0.2, 0) is 0 Å². The fourth-order valence-electron chi connectivity index (χ4n) is 2.34. The first-order valence-electron chi connectivity index (χ1n) is 7.33. The van der Waals surface area contributed by atoms with Crippen molar-refractivity contribution in [2.24, 2.45) is 0 Å². The number of amides is 1. The van der Waals surface area contributed by atoms with Crippen molar-refractivity contribution in [2.45, 2.75) is 19.9 Å². The molecule has 8 nitrogen and oxygen atoms in total. The van der Waals surface area contributed by atoms with Crippen molar-refractivity contribution in [3.8, 4) is 0 Å². The maximum atomic E-state index is 14.0. The van der Waals surface area contributed by atoms with E-state index in [4.69, 9.17) is 11.6 Å². The van der Waals surface area contributed by atoms with E-state index in [0.29, 0.717) is 0 Å². The van der Waals surface area contributed by atoms with Crippen LogP contribution in [-0.4, -0.2) is 36.8 Å². The Balaban J connectivity index is 2.09. The first-order chi connectivity index (χ1) is 11.9. The van der Waals surface area contributed by atoms with Gasteiger partial charge in [-0.05, 0) is 26.0 Å². The van der Waals surface area contributed by atoms with Crippen LogP contribution in [0.3, 0.4) is 0 Å². The van der Waals surface area contributed by atoms with Crippen molar-refractivity contribution in [1.29, 1.82) is 0 Å². The van der Waals surface area contributed by atoms with Gasteiger partial charge in [0.2, 0.25) is 11.6 Å². The third-order valence-electron chi connectivity index (χ3n) is 3.45. The third-order valence-corrected chi connectivity index (χ3v) is 3.77. The van der Waals surface area contributed by atoms with Crippen molar-refractivity contribution >= 4 is 40.8 Å². The number of carboxylic acid groups (broad SMARTS) is 1. The van der Waals surface area contributed by atoms with Gasteiger partial charge in [0, 0.05) is 18.4 Å². The summed E-state index contributed by atoms with van der Waals surface area (Å²) >= 11 is 6.01. The van der Waals surface area contributed by atoms with E-state index in [-0.39, 0.29) is 34.2 Å². The molecule has 0 radical (unpaired) electrons. The van der Waals surface area contributed by atoms with E-state index in [1.165, 1.54) is 35.0 Å². The number of anilines is 3. The number of fused-ring (bicyclic) bond motifs is 1. The van der Waals surface area contributed by atoms with Crippen molar-refractivity contribution in [3.05, 3.63) is 41.4 Å². The Kier molecular flexibility index (Phi) is 4.41. The Hall–Kier alpha value is -2.94. The number of nitrogens with zero attached hydrogens (tertiary/aromatic N) is 5. The molecule has 0 fully saturated rings. The van der Waals surface area contributed by atoms with Crippen molar-refractivity contribution < 1.29 is 14.3 Å². The van der Waals surface area contributed by atoms with Crippen LogP contribution < -0.4 is 10.2 Å². The summed E-state index contributed by atoms with van der Waals surface area (Å²) in [6, 6.07) is 3.93. The van der Waals surface area contributed by atoms with Gasteiger partial charge in [0.05, 0.1) is 10.7 Å². The fourth-order valence-corrected chi connectivity index (χ4v) is 2.55. The van der Waals surface area contributed by atoms with Gasteiger partial charge < -0.3 is 10.4 Å². The SMILES string of the molecule is CC(C)N(C(=O)O)c1nnc2c(Nc3c(F)cccc3Cl)nccn12. The summed E-state index contributed by atoms with van der Waals surface area (Å²) in [5.41, 5.74) is 0.289. The quantitative estimate of drug-likeness (QED) is 0.735. The fraction of sp³-hybridized carbons (Fsp3) is 0.200. The van der Waals surface area contributed by atoms with E-state index in [1.54, 1.807) is 13.8 Å². The van der Waals surface area contributed by atoms with Gasteiger partial charge >= 0.3 is 6.09 Å². The number of rotatable bonds is 4. The highest BCUT2D eigenvalue weighted by Gasteiger charge is 2.24. The van der Waals surface area contributed by atoms with Gasteiger partial charge in [-0.1, -0.05) is 17.7 Å². The first kappa shape index (κ1) is 16.9. The number of nitrogens with one attached hydrogen (secondary N) is 1. The normalized spacial score (nSPS) is 11.1. The molecule has 2 heterocycles. The Morgan fingerprint density at radius 3 is 2.80 bits per heavy atom. The van der Waals surface area contributed by atoms with Crippen molar-refractivity contribution in [2.75, 3.05) is 10.2 Å². The highest BCUT2D eigenvalue weighted by atomic mass is 35.5. The molecule has 0 atom stereocenters. The van der Waals surface area contributed by atoms with Crippen molar-refractivity contribution in [1.82, 2.24) is 19.6 Å². The molecular weight excluding hydrogens is 351 g/mol. The number of carbonyl (C=O) groups is 1. The predicted octanol–water partition coefficient (Wildman–Crippen LogP) is 3.55. The summed E-state index contributed by atoms with van der Waals surface area (Å²) in [7, 11) is 0. The molecule has 3 rings (SSSR count). The van der Waals surface area contributed by atoms with Gasteiger partial charge in [-0.3, -0.25) is 4.40 Å². The van der Waals surface area contributed by atoms with Gasteiger partial charge in [-0.2, -0.15) is 0 Å². The molecule has 0 spiro atoms. The molecule has 2 aromatic heterocycles. The molecule has 1 aromatic carbocycles. The molecule has 1 amide bonds. The maximum absolute atomic E-state index is 14.0. The molecule has 0 saturated heterocycles. The summed E-state index contributed by atoms with van der Waals surface area (Å²) < 4.78 is 15.4. The zero-order valence-corrected chi connectivity index (χ0v) is 14.1. The van der Waals surface area contributed by atoms with E-state index in [1.807, 2.05) is 0 Å². The number of hydrogen-bond donors (Lipinski definition) is 2. The average Bonchev–Trinajstić information content (AvgIpc) is 2.95. The topological polar surface area (TPSA) is 95.7 Å². The molecule has 10 heteroatoms. The predicted molar refractivity (Wildman–Crippen MR) is 91.1 cm³/mol. The van der Waals surface area contributed by atoms with E-state index in [0.717, 1.165) is 4.90 Å². The molecule has 25 heavy (non-hydrogen) atoms. The highest BCUT2D eigenvalue weighted by Crippen LogP contribution is 2.29. The highest BCUT2D eigenvalue weighted by molar-refractivity contribution is 6.33. The van der Waals surface area contributed by atoms with E-state index < -0.39 is 11.9 Å². The van der Waals surface area contributed by atoms with Crippen LogP contribution in [0.15, 0.2) is 30.6 Å². The molecule has 0 aliphatic heterocycles. The minimum Gasteiger partial charge on any atom is -0.465 e. The molecule has 0 aliphatic rings. The number of aromatic nitrogens is 4. The lowest BCUT2D eigenvalue weighted by molar-refractivity contribution is 0.199. The van der Waals surface area contributed by atoms with Gasteiger partial charge in [-0.25, -0.2) is 19.1 Å². The van der Waals surface area contributed by atoms with Crippen LogP contribution in [0.2, 0.25) is 5.02 Å². The maximum Gasteiger partial charge on any atom is 0.414 e. The number of benzene rings is 1. The Morgan fingerprint density at radius 1 is 1.40 bits per heavy atom. The van der Waals surface area contributed by atoms with Crippen LogP contribution in [0.1, 0.15) is 13.8 Å². The Morgan fingerprint density at radius 2 is 2.16 bits per heavy atom. The molecule has 0 bridgehead atoms. The summed E-state index contributed by atoms with van der Waals surface area (Å²) in [5.74, 6) is -0.240. The van der Waals surface area contributed by atoms with Crippen LogP contribution >= 0.6 is 11.6 Å². The van der Waals surface area contributed by atoms with Gasteiger partial charge in [0.1, 0.15) is 5.82 Å². The molecule has 2 N–H and O–H groups in total. The second-order valence-electron chi connectivity index (χ2n) is 5.44. The summed E-state index contributed by atoms with van der Waals surface area (Å²) in [4.78, 5) is 16.7. The lowest BCUT2D eigenvalue weighted by Crippen LogP contribution is -2.37. The second kappa shape index (κ2) is 6.52. The van der Waals surface area contributed by atoms with Crippen LogP contribution in [0.25, 0.3) is 5.65 Å².